The van der Waals surface area contributed by atoms with Crippen LogP contribution in [0, 0.1) is 0 Å². The largest absolute Gasteiger partial charge is 0.468 e. The molecule has 0 amide bonds. The van der Waals surface area contributed by atoms with Gasteiger partial charge in [0.2, 0.25) is 10.0 Å². The molecule has 1 spiro atoms. The number of nitrogens with zero attached hydrogens (tertiary/aromatic N) is 1. The van der Waals surface area contributed by atoms with Crippen molar-refractivity contribution in [2.45, 2.75) is 30.8 Å². The number of hydrogen-bond donors (Lipinski definition) is 0. The molecule has 2 aliphatic rings. The Bertz CT molecular complexity index is 442. The maximum Gasteiger partial charge on any atom is 0.325 e. The highest BCUT2D eigenvalue weighted by molar-refractivity contribution is 7.90. The maximum atomic E-state index is 12.3. The quantitative estimate of drug-likeness (QED) is 0.665. The second-order valence-corrected chi connectivity index (χ2v) is 7.01. The molecular formula is C11H19NO6S. The molecule has 2 aliphatic heterocycles. The zero-order valence-corrected chi connectivity index (χ0v) is 11.9. The summed E-state index contributed by atoms with van der Waals surface area (Å²) in [5, 5.41) is -1.21. The first kappa shape index (κ1) is 14.7. The van der Waals surface area contributed by atoms with E-state index in [1.54, 1.807) is 0 Å². The molecule has 7 nitrogen and oxygen atoms in total. The van der Waals surface area contributed by atoms with Gasteiger partial charge < -0.3 is 14.2 Å². The highest BCUT2D eigenvalue weighted by Gasteiger charge is 2.46. The summed E-state index contributed by atoms with van der Waals surface area (Å²) in [4.78, 5) is 11.4. The van der Waals surface area contributed by atoms with E-state index in [9.17, 15) is 13.2 Å². The van der Waals surface area contributed by atoms with E-state index < -0.39 is 27.0 Å². The second kappa shape index (κ2) is 5.35. The molecule has 0 N–H and O–H groups in total. The van der Waals surface area contributed by atoms with E-state index in [4.69, 9.17) is 9.47 Å². The van der Waals surface area contributed by atoms with E-state index >= 15 is 0 Å². The number of hydrogen-bond acceptors (Lipinski definition) is 6. The fourth-order valence-electron chi connectivity index (χ4n) is 2.41. The lowest BCUT2D eigenvalue weighted by molar-refractivity contribution is -0.179. The lowest BCUT2D eigenvalue weighted by atomic mass is 10.1. The van der Waals surface area contributed by atoms with Gasteiger partial charge in [-0.25, -0.2) is 8.42 Å². The van der Waals surface area contributed by atoms with E-state index in [0.29, 0.717) is 32.6 Å². The van der Waals surface area contributed by atoms with Gasteiger partial charge in [-0.3, -0.25) is 4.79 Å². The molecule has 0 aromatic rings. The van der Waals surface area contributed by atoms with Crippen LogP contribution in [0.2, 0.25) is 0 Å². The SMILES string of the molecule is COC(=O)C(C)S(=O)(=O)N1CCCC2(C1)OCCO2. The van der Waals surface area contributed by atoms with Crippen LogP contribution in [0.15, 0.2) is 0 Å². The van der Waals surface area contributed by atoms with Crippen LogP contribution >= 0.6 is 0 Å². The predicted octanol–water partition coefficient (Wildman–Crippen LogP) is -0.283. The molecule has 0 radical (unpaired) electrons. The highest BCUT2D eigenvalue weighted by atomic mass is 32.2. The topological polar surface area (TPSA) is 82.1 Å². The Balaban J connectivity index is 2.14. The average Bonchev–Trinajstić information content (AvgIpc) is 2.84. The van der Waals surface area contributed by atoms with Crippen LogP contribution in [-0.4, -0.2) is 63.1 Å². The summed E-state index contributed by atoms with van der Waals surface area (Å²) in [7, 11) is -2.56. The molecule has 0 aliphatic carbocycles. The van der Waals surface area contributed by atoms with Crippen molar-refractivity contribution in [2.24, 2.45) is 0 Å². The minimum absolute atomic E-state index is 0.136. The number of rotatable bonds is 3. The Kier molecular flexibility index (Phi) is 4.14. The monoisotopic (exact) mass is 293 g/mol. The lowest BCUT2D eigenvalue weighted by Gasteiger charge is -2.38. The number of piperidine rings is 1. The molecule has 1 atom stereocenters. The van der Waals surface area contributed by atoms with Gasteiger partial charge in [0.25, 0.3) is 0 Å². The third-order valence-electron chi connectivity index (χ3n) is 3.54. The van der Waals surface area contributed by atoms with Crippen LogP contribution in [0.1, 0.15) is 19.8 Å². The molecular weight excluding hydrogens is 274 g/mol. The van der Waals surface area contributed by atoms with Crippen LogP contribution < -0.4 is 0 Å². The molecule has 2 rings (SSSR count). The Morgan fingerprint density at radius 3 is 2.58 bits per heavy atom. The molecule has 0 aromatic carbocycles. The first-order valence-electron chi connectivity index (χ1n) is 6.26. The van der Waals surface area contributed by atoms with Crippen molar-refractivity contribution < 1.29 is 27.4 Å². The Labute approximate surface area is 112 Å². The van der Waals surface area contributed by atoms with E-state index in [1.165, 1.54) is 18.3 Å². The van der Waals surface area contributed by atoms with Crippen LogP contribution in [0.3, 0.4) is 0 Å². The van der Waals surface area contributed by atoms with Crippen molar-refractivity contribution in [3.05, 3.63) is 0 Å². The van der Waals surface area contributed by atoms with Gasteiger partial charge >= 0.3 is 5.97 Å². The van der Waals surface area contributed by atoms with E-state index in [-0.39, 0.29) is 6.54 Å². The molecule has 110 valence electrons. The van der Waals surface area contributed by atoms with E-state index in [0.717, 1.165) is 0 Å². The molecule has 2 saturated heterocycles. The molecule has 1 unspecified atom stereocenters. The molecule has 0 saturated carbocycles. The Morgan fingerprint density at radius 1 is 1.37 bits per heavy atom. The van der Waals surface area contributed by atoms with Crippen LogP contribution in [-0.2, 0) is 29.0 Å². The summed E-state index contributed by atoms with van der Waals surface area (Å²) in [6.07, 6.45) is 1.32. The van der Waals surface area contributed by atoms with Crippen LogP contribution in [0.5, 0.6) is 0 Å². The summed E-state index contributed by atoms with van der Waals surface area (Å²) >= 11 is 0. The molecule has 0 aromatic heterocycles. The first-order chi connectivity index (χ1) is 8.91. The van der Waals surface area contributed by atoms with Gasteiger partial charge in [0.15, 0.2) is 11.0 Å². The fraction of sp³-hybridized carbons (Fsp3) is 0.909. The molecule has 0 bridgehead atoms. The summed E-state index contributed by atoms with van der Waals surface area (Å²) in [5.74, 6) is -1.59. The Morgan fingerprint density at radius 2 is 2.00 bits per heavy atom. The standard InChI is InChI=1S/C11H19NO6S/c1-9(10(13)16-2)19(14,15)12-5-3-4-11(8-12)17-6-7-18-11/h9H,3-8H2,1-2H3. The third kappa shape index (κ3) is 2.76. The summed E-state index contributed by atoms with van der Waals surface area (Å²) in [6, 6.07) is 0. The summed E-state index contributed by atoms with van der Waals surface area (Å²) in [6.45, 7) is 2.79. The van der Waals surface area contributed by atoms with Crippen molar-refractivity contribution in [1.82, 2.24) is 4.31 Å². The number of esters is 1. The average molecular weight is 293 g/mol. The Hall–Kier alpha value is -0.700. The normalized spacial score (nSPS) is 25.4. The molecule has 2 heterocycles. The molecule has 8 heteroatoms. The smallest absolute Gasteiger partial charge is 0.325 e. The summed E-state index contributed by atoms with van der Waals surface area (Å²) in [5.41, 5.74) is 0. The van der Waals surface area contributed by atoms with Gasteiger partial charge in [-0.2, -0.15) is 4.31 Å². The number of carbonyl (C=O) groups is 1. The number of carbonyl (C=O) groups excluding carboxylic acids is 1. The third-order valence-corrected chi connectivity index (χ3v) is 5.65. The first-order valence-corrected chi connectivity index (χ1v) is 7.76. The van der Waals surface area contributed by atoms with Gasteiger partial charge in [0.1, 0.15) is 0 Å². The second-order valence-electron chi connectivity index (χ2n) is 4.76. The molecule has 19 heavy (non-hydrogen) atoms. The van der Waals surface area contributed by atoms with Crippen molar-refractivity contribution in [1.29, 1.82) is 0 Å². The summed E-state index contributed by atoms with van der Waals surface area (Å²) < 4.78 is 41.5. The number of methoxy groups -OCH3 is 1. The number of sulfonamides is 1. The highest BCUT2D eigenvalue weighted by Crippen LogP contribution is 2.32. The van der Waals surface area contributed by atoms with Crippen molar-refractivity contribution in [2.75, 3.05) is 33.4 Å². The van der Waals surface area contributed by atoms with Crippen LogP contribution in [0.25, 0.3) is 0 Å². The predicted molar refractivity (Wildman–Crippen MR) is 65.8 cm³/mol. The van der Waals surface area contributed by atoms with Crippen molar-refractivity contribution in [3.63, 3.8) is 0 Å². The van der Waals surface area contributed by atoms with E-state index in [2.05, 4.69) is 4.74 Å². The number of ether oxygens (including phenoxy) is 3. The zero-order chi connectivity index (χ0) is 14.1. The lowest BCUT2D eigenvalue weighted by Crippen LogP contribution is -2.53. The van der Waals surface area contributed by atoms with Gasteiger partial charge in [0, 0.05) is 13.0 Å². The fourth-order valence-corrected chi connectivity index (χ4v) is 3.96. The van der Waals surface area contributed by atoms with Crippen molar-refractivity contribution >= 4 is 16.0 Å². The van der Waals surface area contributed by atoms with Gasteiger partial charge in [-0.1, -0.05) is 0 Å². The van der Waals surface area contributed by atoms with Crippen LogP contribution in [0.4, 0.5) is 0 Å². The molecule has 2 fully saturated rings. The van der Waals surface area contributed by atoms with E-state index in [1.807, 2.05) is 0 Å². The minimum atomic E-state index is -3.74. The van der Waals surface area contributed by atoms with Gasteiger partial charge in [-0.15, -0.1) is 0 Å². The van der Waals surface area contributed by atoms with Crippen molar-refractivity contribution in [3.8, 4) is 0 Å². The van der Waals surface area contributed by atoms with Gasteiger partial charge in [-0.05, 0) is 13.3 Å². The minimum Gasteiger partial charge on any atom is -0.468 e. The maximum absolute atomic E-state index is 12.3. The van der Waals surface area contributed by atoms with Gasteiger partial charge in [0.05, 0.1) is 26.9 Å². The zero-order valence-electron chi connectivity index (χ0n) is 11.1.